The zero-order valence-corrected chi connectivity index (χ0v) is 21.6. The zero-order chi connectivity index (χ0) is 26.4. The molecule has 2 aliphatic rings. The number of carbonyl (C=O) groups is 1. The lowest BCUT2D eigenvalue weighted by Crippen LogP contribution is -2.17. The summed E-state index contributed by atoms with van der Waals surface area (Å²) in [6.45, 7) is 0.115. The number of halogens is 3. The lowest BCUT2D eigenvalue weighted by molar-refractivity contribution is 0.0696. The monoisotopic (exact) mass is 553 g/mol. The van der Waals surface area contributed by atoms with E-state index >= 15 is 4.39 Å². The van der Waals surface area contributed by atoms with Gasteiger partial charge in [0.2, 0.25) is 0 Å². The van der Waals surface area contributed by atoms with Gasteiger partial charge >= 0.3 is 5.97 Å². The van der Waals surface area contributed by atoms with Crippen LogP contribution in [0.4, 0.5) is 4.39 Å². The van der Waals surface area contributed by atoms with Gasteiger partial charge in [0.1, 0.15) is 41.5 Å². The summed E-state index contributed by atoms with van der Waals surface area (Å²) in [5, 5.41) is 14.4. The number of nitrogens with zero attached hydrogens (tertiary/aromatic N) is 1. The fourth-order valence-electron chi connectivity index (χ4n) is 4.80. The highest BCUT2D eigenvalue weighted by molar-refractivity contribution is 6.39. The number of aromatic carboxylic acids is 1. The maximum Gasteiger partial charge on any atom is 0.335 e. The number of ether oxygens (including phenoxy) is 2. The largest absolute Gasteiger partial charge is 0.489 e. The lowest BCUT2D eigenvalue weighted by Gasteiger charge is -2.27. The minimum Gasteiger partial charge on any atom is -0.489 e. The minimum atomic E-state index is -0.992. The van der Waals surface area contributed by atoms with Gasteiger partial charge in [-0.05, 0) is 73.7 Å². The molecule has 1 saturated carbocycles. The maximum absolute atomic E-state index is 15.2. The van der Waals surface area contributed by atoms with Gasteiger partial charge in [-0.1, -0.05) is 34.4 Å². The van der Waals surface area contributed by atoms with Crippen LogP contribution in [0, 0.1) is 5.82 Å². The number of hydrogen-bond acceptors (Lipinski definition) is 5. The standard InChI is InChI=1S/C29H22Cl2FNO5/c30-21-2-1-3-22(31)26(21)27-20(28(38-33-27)15-4-5-15)14-36-18-8-9-19(23(32)13-18)25-11-6-16-12-17(29(34)35)7-10-24(16)37-25/h1-3,7-10,12-13,15,25H,4-6,11,14H2,(H,34,35). The van der Waals surface area contributed by atoms with Crippen molar-refractivity contribution in [3.05, 3.63) is 98.5 Å². The van der Waals surface area contributed by atoms with E-state index in [0.29, 0.717) is 51.2 Å². The van der Waals surface area contributed by atoms with Crippen LogP contribution in [0.15, 0.2) is 59.1 Å². The van der Waals surface area contributed by atoms with Crippen LogP contribution in [0.2, 0.25) is 10.0 Å². The summed E-state index contributed by atoms with van der Waals surface area (Å²) in [7, 11) is 0. The normalized spacial score (nSPS) is 16.6. The number of fused-ring (bicyclic) bond motifs is 1. The first-order valence-corrected chi connectivity index (χ1v) is 13.0. The van der Waals surface area contributed by atoms with Crippen molar-refractivity contribution >= 4 is 29.2 Å². The number of carboxylic acids is 1. The number of rotatable bonds is 7. The Morgan fingerprint density at radius 1 is 1.08 bits per heavy atom. The SMILES string of the molecule is O=C(O)c1ccc2c(c1)CCC(c1ccc(OCc3c(-c4c(Cl)cccc4Cl)noc3C3CC3)cc1F)O2. The van der Waals surface area contributed by atoms with E-state index in [9.17, 15) is 9.90 Å². The fourth-order valence-corrected chi connectivity index (χ4v) is 5.38. The molecule has 4 aromatic rings. The molecule has 1 unspecified atom stereocenters. The predicted molar refractivity (Wildman–Crippen MR) is 140 cm³/mol. The molecule has 1 aliphatic heterocycles. The van der Waals surface area contributed by atoms with Gasteiger partial charge in [-0.25, -0.2) is 9.18 Å². The van der Waals surface area contributed by atoms with Gasteiger partial charge in [0, 0.05) is 23.1 Å². The highest BCUT2D eigenvalue weighted by Crippen LogP contribution is 2.46. The van der Waals surface area contributed by atoms with Crippen molar-refractivity contribution in [2.75, 3.05) is 0 Å². The summed E-state index contributed by atoms with van der Waals surface area (Å²) in [6.07, 6.45) is 2.64. The van der Waals surface area contributed by atoms with E-state index in [1.807, 2.05) is 0 Å². The molecular weight excluding hydrogens is 532 g/mol. The smallest absolute Gasteiger partial charge is 0.335 e. The Hall–Kier alpha value is -3.55. The number of carboxylic acid groups (broad SMARTS) is 1. The molecule has 0 radical (unpaired) electrons. The molecule has 0 saturated heterocycles. The molecule has 0 bridgehead atoms. The first kappa shape index (κ1) is 24.8. The molecular formula is C29H22Cl2FNO5. The molecule has 3 aromatic carbocycles. The molecule has 1 N–H and O–H groups in total. The van der Waals surface area contributed by atoms with Gasteiger partial charge in [0.25, 0.3) is 0 Å². The second-order valence-electron chi connectivity index (χ2n) is 9.49. The Labute approximate surface area is 227 Å². The summed E-state index contributed by atoms with van der Waals surface area (Å²) in [5.74, 6) is 0.500. The van der Waals surface area contributed by atoms with Crippen LogP contribution in [0.5, 0.6) is 11.5 Å². The third-order valence-corrected chi connectivity index (χ3v) is 7.55. The topological polar surface area (TPSA) is 81.8 Å². The first-order valence-electron chi connectivity index (χ1n) is 12.3. The molecule has 0 amide bonds. The number of benzene rings is 3. The van der Waals surface area contributed by atoms with E-state index in [4.69, 9.17) is 37.2 Å². The van der Waals surface area contributed by atoms with Crippen LogP contribution < -0.4 is 9.47 Å². The van der Waals surface area contributed by atoms with Gasteiger partial charge in [-0.3, -0.25) is 0 Å². The summed E-state index contributed by atoms with van der Waals surface area (Å²) < 4.78 is 32.9. The van der Waals surface area contributed by atoms with E-state index in [1.165, 1.54) is 12.1 Å². The predicted octanol–water partition coefficient (Wildman–Crippen LogP) is 8.01. The van der Waals surface area contributed by atoms with Crippen LogP contribution in [-0.2, 0) is 13.0 Å². The van der Waals surface area contributed by atoms with E-state index in [1.54, 1.807) is 42.5 Å². The minimum absolute atomic E-state index is 0.115. The molecule has 1 atom stereocenters. The molecule has 6 nitrogen and oxygen atoms in total. The number of hydrogen-bond donors (Lipinski definition) is 1. The Bertz CT molecular complexity index is 1530. The lowest BCUT2D eigenvalue weighted by atomic mass is 9.96. The van der Waals surface area contributed by atoms with Crippen LogP contribution >= 0.6 is 23.2 Å². The Kier molecular flexibility index (Phi) is 6.50. The Morgan fingerprint density at radius 3 is 2.58 bits per heavy atom. The molecule has 9 heteroatoms. The number of aromatic nitrogens is 1. The van der Waals surface area contributed by atoms with Crippen LogP contribution in [0.1, 0.15) is 64.1 Å². The number of aryl methyl sites for hydroxylation is 1. The molecule has 0 spiro atoms. The molecule has 2 heterocycles. The van der Waals surface area contributed by atoms with Gasteiger partial charge in [-0.15, -0.1) is 0 Å². The van der Waals surface area contributed by atoms with Crippen LogP contribution in [0.3, 0.4) is 0 Å². The molecule has 1 aromatic heterocycles. The van der Waals surface area contributed by atoms with Crippen molar-refractivity contribution in [1.29, 1.82) is 0 Å². The van der Waals surface area contributed by atoms with E-state index < -0.39 is 17.9 Å². The Morgan fingerprint density at radius 2 is 1.87 bits per heavy atom. The van der Waals surface area contributed by atoms with Crippen molar-refractivity contribution in [3.63, 3.8) is 0 Å². The molecule has 6 rings (SSSR count). The van der Waals surface area contributed by atoms with E-state index in [2.05, 4.69) is 5.16 Å². The average molecular weight is 554 g/mol. The molecule has 38 heavy (non-hydrogen) atoms. The third-order valence-electron chi connectivity index (χ3n) is 6.92. The summed E-state index contributed by atoms with van der Waals surface area (Å²) in [5.41, 5.74) is 3.28. The first-order chi connectivity index (χ1) is 18.4. The zero-order valence-electron chi connectivity index (χ0n) is 20.0. The Balaban J connectivity index is 1.21. The van der Waals surface area contributed by atoms with Crippen LogP contribution in [0.25, 0.3) is 11.3 Å². The molecule has 194 valence electrons. The van der Waals surface area contributed by atoms with Crippen LogP contribution in [-0.4, -0.2) is 16.2 Å². The molecule has 1 aliphatic carbocycles. The third kappa shape index (κ3) is 4.72. The van der Waals surface area contributed by atoms with Crippen molar-refractivity contribution in [2.24, 2.45) is 0 Å². The summed E-state index contributed by atoms with van der Waals surface area (Å²) >= 11 is 12.9. The van der Waals surface area contributed by atoms with Gasteiger partial charge in [0.05, 0.1) is 21.2 Å². The van der Waals surface area contributed by atoms with Gasteiger partial charge in [-0.2, -0.15) is 0 Å². The summed E-state index contributed by atoms with van der Waals surface area (Å²) in [6, 6.07) is 14.7. The van der Waals surface area contributed by atoms with Gasteiger partial charge < -0.3 is 19.1 Å². The molecule has 1 fully saturated rings. The van der Waals surface area contributed by atoms with E-state index in [0.717, 1.165) is 29.7 Å². The average Bonchev–Trinajstić information content (AvgIpc) is 3.67. The van der Waals surface area contributed by atoms with E-state index in [-0.39, 0.29) is 18.1 Å². The fraction of sp³-hybridized carbons (Fsp3) is 0.241. The van der Waals surface area contributed by atoms with Crippen molar-refractivity contribution in [2.45, 2.75) is 44.3 Å². The maximum atomic E-state index is 15.2. The van der Waals surface area contributed by atoms with Crippen molar-refractivity contribution in [3.8, 4) is 22.8 Å². The summed E-state index contributed by atoms with van der Waals surface area (Å²) in [4.78, 5) is 11.2. The van der Waals surface area contributed by atoms with Gasteiger partial charge in [0.15, 0.2) is 0 Å². The quantitative estimate of drug-likeness (QED) is 0.249. The second-order valence-corrected chi connectivity index (χ2v) is 10.3. The van der Waals surface area contributed by atoms with Crippen molar-refractivity contribution < 1.29 is 28.3 Å². The van der Waals surface area contributed by atoms with Crippen molar-refractivity contribution in [1.82, 2.24) is 5.16 Å². The highest BCUT2D eigenvalue weighted by Gasteiger charge is 2.34. The second kappa shape index (κ2) is 9.97. The highest BCUT2D eigenvalue weighted by atomic mass is 35.5.